The van der Waals surface area contributed by atoms with E-state index >= 15 is 0 Å². The highest BCUT2D eigenvalue weighted by molar-refractivity contribution is 7.22. The van der Waals surface area contributed by atoms with Gasteiger partial charge in [-0.25, -0.2) is 4.98 Å². The van der Waals surface area contributed by atoms with Gasteiger partial charge < -0.3 is 10.6 Å². The first-order valence-electron chi connectivity index (χ1n) is 6.55. The first-order chi connectivity index (χ1) is 9.13. The number of aromatic nitrogens is 1. The van der Waals surface area contributed by atoms with Crippen molar-refractivity contribution in [3.8, 4) is 0 Å². The molecule has 3 rings (SSSR count). The predicted molar refractivity (Wildman–Crippen MR) is 78.6 cm³/mol. The van der Waals surface area contributed by atoms with Crippen LogP contribution in [0.15, 0.2) is 18.2 Å². The van der Waals surface area contributed by atoms with Crippen LogP contribution in [0.5, 0.6) is 0 Å². The molecule has 0 radical (unpaired) electrons. The third kappa shape index (κ3) is 2.48. The zero-order valence-corrected chi connectivity index (χ0v) is 11.9. The molecule has 2 atom stereocenters. The molecule has 100 valence electrons. The number of anilines is 1. The SMILES string of the molecule is Cc1ccc2nc(NC(=O)C3NCCC3C)sc2c1. The lowest BCUT2D eigenvalue weighted by molar-refractivity contribution is -0.118. The molecule has 4 nitrogen and oxygen atoms in total. The molecule has 1 aromatic carbocycles. The highest BCUT2D eigenvalue weighted by Crippen LogP contribution is 2.27. The summed E-state index contributed by atoms with van der Waals surface area (Å²) in [6.45, 7) is 5.08. The lowest BCUT2D eigenvalue weighted by atomic mass is 10.0. The van der Waals surface area contributed by atoms with Gasteiger partial charge in [0.05, 0.1) is 16.3 Å². The number of carbonyl (C=O) groups is 1. The van der Waals surface area contributed by atoms with E-state index in [-0.39, 0.29) is 11.9 Å². The van der Waals surface area contributed by atoms with Gasteiger partial charge in [0, 0.05) is 0 Å². The molecular weight excluding hydrogens is 258 g/mol. The third-order valence-electron chi connectivity index (χ3n) is 3.59. The minimum absolute atomic E-state index is 0.0285. The Bertz CT molecular complexity index is 622. The van der Waals surface area contributed by atoms with Crippen molar-refractivity contribution in [2.24, 2.45) is 5.92 Å². The lowest BCUT2D eigenvalue weighted by Crippen LogP contribution is -2.39. The molecule has 0 aliphatic carbocycles. The van der Waals surface area contributed by atoms with Crippen LogP contribution < -0.4 is 10.6 Å². The summed E-state index contributed by atoms with van der Waals surface area (Å²) in [5.41, 5.74) is 2.15. The van der Waals surface area contributed by atoms with Crippen LogP contribution >= 0.6 is 11.3 Å². The fourth-order valence-corrected chi connectivity index (χ4v) is 3.42. The molecule has 1 saturated heterocycles. The summed E-state index contributed by atoms with van der Waals surface area (Å²) in [6, 6.07) is 6.04. The van der Waals surface area contributed by atoms with Crippen molar-refractivity contribution in [3.05, 3.63) is 23.8 Å². The Labute approximate surface area is 116 Å². The molecule has 0 spiro atoms. The van der Waals surface area contributed by atoms with E-state index in [1.165, 1.54) is 16.9 Å². The number of aryl methyl sites for hydroxylation is 1. The fourth-order valence-electron chi connectivity index (χ4n) is 2.45. The molecule has 0 bridgehead atoms. The van der Waals surface area contributed by atoms with Gasteiger partial charge in [-0.15, -0.1) is 0 Å². The number of nitrogens with zero attached hydrogens (tertiary/aromatic N) is 1. The van der Waals surface area contributed by atoms with Gasteiger partial charge in [0.1, 0.15) is 0 Å². The molecule has 2 aromatic rings. The molecule has 5 heteroatoms. The summed E-state index contributed by atoms with van der Waals surface area (Å²) in [6.07, 6.45) is 1.05. The van der Waals surface area contributed by atoms with Crippen molar-refractivity contribution in [1.82, 2.24) is 10.3 Å². The molecule has 19 heavy (non-hydrogen) atoms. The molecule has 0 saturated carbocycles. The number of nitrogens with one attached hydrogen (secondary N) is 2. The van der Waals surface area contributed by atoms with Crippen molar-refractivity contribution < 1.29 is 4.79 Å². The van der Waals surface area contributed by atoms with Crippen LogP contribution in [0.25, 0.3) is 10.2 Å². The Morgan fingerprint density at radius 3 is 3.11 bits per heavy atom. The zero-order chi connectivity index (χ0) is 13.4. The number of thiazole rings is 1. The lowest BCUT2D eigenvalue weighted by Gasteiger charge is -2.13. The maximum absolute atomic E-state index is 12.2. The van der Waals surface area contributed by atoms with Gasteiger partial charge in [0.25, 0.3) is 0 Å². The summed E-state index contributed by atoms with van der Waals surface area (Å²) >= 11 is 1.53. The van der Waals surface area contributed by atoms with E-state index < -0.39 is 0 Å². The standard InChI is InChI=1S/C14H17N3OS/c1-8-3-4-10-11(7-8)19-14(16-10)17-13(18)12-9(2)5-6-15-12/h3-4,7,9,12,15H,5-6H2,1-2H3,(H,16,17,18). The van der Waals surface area contributed by atoms with Crippen LogP contribution in [-0.2, 0) is 4.79 Å². The Kier molecular flexibility index (Phi) is 3.24. The van der Waals surface area contributed by atoms with E-state index in [0.29, 0.717) is 11.0 Å². The van der Waals surface area contributed by atoms with Crippen LogP contribution in [0.4, 0.5) is 5.13 Å². The van der Waals surface area contributed by atoms with E-state index in [0.717, 1.165) is 23.2 Å². The first-order valence-corrected chi connectivity index (χ1v) is 7.36. The highest BCUT2D eigenvalue weighted by Gasteiger charge is 2.29. The smallest absolute Gasteiger partial charge is 0.243 e. The monoisotopic (exact) mass is 275 g/mol. The summed E-state index contributed by atoms with van der Waals surface area (Å²) < 4.78 is 1.11. The molecular formula is C14H17N3OS. The van der Waals surface area contributed by atoms with Crippen molar-refractivity contribution >= 4 is 32.6 Å². The van der Waals surface area contributed by atoms with Gasteiger partial charge in [-0.3, -0.25) is 4.79 Å². The summed E-state index contributed by atoms with van der Waals surface area (Å²) in [5, 5.41) is 6.85. The number of carbonyl (C=O) groups excluding carboxylic acids is 1. The van der Waals surface area contributed by atoms with Crippen LogP contribution in [0.3, 0.4) is 0 Å². The quantitative estimate of drug-likeness (QED) is 0.885. The topological polar surface area (TPSA) is 54.0 Å². The number of rotatable bonds is 2. The van der Waals surface area contributed by atoms with Crippen molar-refractivity contribution in [2.45, 2.75) is 26.3 Å². The molecule has 2 unspecified atom stereocenters. The second kappa shape index (κ2) is 4.90. The Balaban J connectivity index is 1.79. The van der Waals surface area contributed by atoms with E-state index in [1.807, 2.05) is 12.1 Å². The highest BCUT2D eigenvalue weighted by atomic mass is 32.1. The average molecular weight is 275 g/mol. The molecule has 1 amide bonds. The number of amides is 1. The average Bonchev–Trinajstić information content (AvgIpc) is 2.94. The maximum Gasteiger partial charge on any atom is 0.243 e. The minimum atomic E-state index is -0.0891. The van der Waals surface area contributed by atoms with Gasteiger partial charge in [-0.2, -0.15) is 0 Å². The molecule has 1 aliphatic heterocycles. The van der Waals surface area contributed by atoms with Crippen LogP contribution in [0, 0.1) is 12.8 Å². The molecule has 1 fully saturated rings. The van der Waals surface area contributed by atoms with Crippen LogP contribution in [-0.4, -0.2) is 23.5 Å². The van der Waals surface area contributed by atoms with Gasteiger partial charge in [0.2, 0.25) is 5.91 Å². The fraction of sp³-hybridized carbons (Fsp3) is 0.429. The largest absolute Gasteiger partial charge is 0.306 e. The zero-order valence-electron chi connectivity index (χ0n) is 11.1. The second-order valence-electron chi connectivity index (χ2n) is 5.18. The van der Waals surface area contributed by atoms with Crippen molar-refractivity contribution in [2.75, 3.05) is 11.9 Å². The van der Waals surface area contributed by atoms with Gasteiger partial charge >= 0.3 is 0 Å². The number of hydrogen-bond acceptors (Lipinski definition) is 4. The van der Waals surface area contributed by atoms with Gasteiger partial charge in [-0.1, -0.05) is 24.3 Å². The summed E-state index contributed by atoms with van der Waals surface area (Å²) in [4.78, 5) is 16.6. The third-order valence-corrected chi connectivity index (χ3v) is 4.52. The Hall–Kier alpha value is -1.46. The van der Waals surface area contributed by atoms with Crippen molar-refractivity contribution in [1.29, 1.82) is 0 Å². The molecule has 2 heterocycles. The van der Waals surface area contributed by atoms with Crippen LogP contribution in [0.1, 0.15) is 18.9 Å². The number of benzene rings is 1. The Morgan fingerprint density at radius 1 is 1.53 bits per heavy atom. The van der Waals surface area contributed by atoms with E-state index in [4.69, 9.17) is 0 Å². The van der Waals surface area contributed by atoms with E-state index in [1.54, 1.807) is 0 Å². The van der Waals surface area contributed by atoms with E-state index in [2.05, 4.69) is 35.5 Å². The maximum atomic E-state index is 12.2. The first kappa shape index (κ1) is 12.6. The summed E-state index contributed by atoms with van der Waals surface area (Å²) in [7, 11) is 0. The summed E-state index contributed by atoms with van der Waals surface area (Å²) in [5.74, 6) is 0.414. The Morgan fingerprint density at radius 2 is 2.37 bits per heavy atom. The second-order valence-corrected chi connectivity index (χ2v) is 6.21. The van der Waals surface area contributed by atoms with Gasteiger partial charge in [-0.05, 0) is 43.5 Å². The number of hydrogen-bond donors (Lipinski definition) is 2. The molecule has 2 N–H and O–H groups in total. The number of fused-ring (bicyclic) bond motifs is 1. The van der Waals surface area contributed by atoms with Crippen LogP contribution in [0.2, 0.25) is 0 Å². The van der Waals surface area contributed by atoms with Crippen molar-refractivity contribution in [3.63, 3.8) is 0 Å². The molecule has 1 aromatic heterocycles. The molecule has 1 aliphatic rings. The minimum Gasteiger partial charge on any atom is -0.306 e. The van der Waals surface area contributed by atoms with Gasteiger partial charge in [0.15, 0.2) is 5.13 Å². The van der Waals surface area contributed by atoms with E-state index in [9.17, 15) is 4.79 Å². The normalized spacial score (nSPS) is 22.8. The predicted octanol–water partition coefficient (Wildman–Crippen LogP) is 2.54.